The lowest BCUT2D eigenvalue weighted by atomic mass is 10.1. The Hall–Kier alpha value is -1.06. The molecule has 1 saturated heterocycles. The Kier molecular flexibility index (Phi) is 4.43. The van der Waals surface area contributed by atoms with Gasteiger partial charge in [-0.1, -0.05) is 0 Å². The number of cyclic esters (lactones) is 1. The molecule has 14 heavy (non-hydrogen) atoms. The number of ether oxygens (including phenoxy) is 2. The first-order valence-electron chi connectivity index (χ1n) is 5.07. The third-order valence-corrected chi connectivity index (χ3v) is 2.15. The molecule has 1 aliphatic rings. The highest BCUT2D eigenvalue weighted by Gasteiger charge is 2.21. The van der Waals surface area contributed by atoms with Gasteiger partial charge in [0.25, 0.3) is 0 Å². The van der Waals surface area contributed by atoms with Crippen LogP contribution in [0.1, 0.15) is 39.0 Å². The molecule has 1 aliphatic heterocycles. The summed E-state index contributed by atoms with van der Waals surface area (Å²) in [7, 11) is 0. The maximum atomic E-state index is 11.1. The van der Waals surface area contributed by atoms with E-state index in [1.54, 1.807) is 6.92 Å². The molecule has 0 aromatic rings. The molecule has 4 nitrogen and oxygen atoms in total. The largest absolute Gasteiger partial charge is 0.466 e. The van der Waals surface area contributed by atoms with Crippen LogP contribution in [0, 0.1) is 0 Å². The first kappa shape index (κ1) is 11.0. The second-order valence-corrected chi connectivity index (χ2v) is 3.37. The molecule has 1 fully saturated rings. The van der Waals surface area contributed by atoms with E-state index in [1.807, 2.05) is 0 Å². The van der Waals surface area contributed by atoms with E-state index in [1.165, 1.54) is 0 Å². The number of hydrogen-bond donors (Lipinski definition) is 0. The van der Waals surface area contributed by atoms with Crippen molar-refractivity contribution in [3.8, 4) is 0 Å². The van der Waals surface area contributed by atoms with E-state index in [4.69, 9.17) is 9.47 Å². The summed E-state index contributed by atoms with van der Waals surface area (Å²) in [6.45, 7) is 2.14. The van der Waals surface area contributed by atoms with Crippen LogP contribution in [0.2, 0.25) is 0 Å². The highest BCUT2D eigenvalue weighted by molar-refractivity contribution is 5.72. The minimum Gasteiger partial charge on any atom is -0.466 e. The predicted octanol–water partition coefficient (Wildman–Crippen LogP) is 1.43. The highest BCUT2D eigenvalue weighted by Crippen LogP contribution is 2.16. The van der Waals surface area contributed by atoms with Gasteiger partial charge in [0.15, 0.2) is 0 Å². The van der Waals surface area contributed by atoms with Crippen molar-refractivity contribution in [2.75, 3.05) is 6.61 Å². The third kappa shape index (κ3) is 3.77. The van der Waals surface area contributed by atoms with Crippen LogP contribution in [0.25, 0.3) is 0 Å². The van der Waals surface area contributed by atoms with Crippen LogP contribution in [0.15, 0.2) is 0 Å². The summed E-state index contributed by atoms with van der Waals surface area (Å²) in [5, 5.41) is 0. The molecule has 0 bridgehead atoms. The Morgan fingerprint density at radius 2 is 2.36 bits per heavy atom. The van der Waals surface area contributed by atoms with E-state index >= 15 is 0 Å². The number of carbonyl (C=O) groups is 2. The topological polar surface area (TPSA) is 52.6 Å². The zero-order chi connectivity index (χ0) is 10.4. The fourth-order valence-electron chi connectivity index (χ4n) is 1.49. The smallest absolute Gasteiger partial charge is 0.309 e. The molecule has 0 saturated carbocycles. The molecule has 0 aliphatic carbocycles. The van der Waals surface area contributed by atoms with Crippen molar-refractivity contribution in [2.24, 2.45) is 0 Å². The van der Waals surface area contributed by atoms with Gasteiger partial charge in [0.05, 0.1) is 13.0 Å². The Morgan fingerprint density at radius 3 is 3.07 bits per heavy atom. The summed E-state index contributed by atoms with van der Waals surface area (Å²) in [6, 6.07) is 0. The summed E-state index contributed by atoms with van der Waals surface area (Å²) in [5.74, 6) is -0.482. The average molecular weight is 200 g/mol. The number of rotatable bonds is 3. The molecular weight excluding hydrogens is 184 g/mol. The van der Waals surface area contributed by atoms with Crippen LogP contribution in [0.3, 0.4) is 0 Å². The fourth-order valence-corrected chi connectivity index (χ4v) is 1.49. The summed E-state index contributed by atoms with van der Waals surface area (Å²) >= 11 is 0. The van der Waals surface area contributed by atoms with Gasteiger partial charge in [-0.3, -0.25) is 9.59 Å². The molecule has 0 amide bonds. The van der Waals surface area contributed by atoms with E-state index in [9.17, 15) is 9.59 Å². The van der Waals surface area contributed by atoms with Crippen LogP contribution < -0.4 is 0 Å². The van der Waals surface area contributed by atoms with E-state index in [2.05, 4.69) is 0 Å². The SMILES string of the molecule is CCOC(=O)C[C@@H]1CCCCC(=O)O1. The van der Waals surface area contributed by atoms with Gasteiger partial charge in [-0.05, 0) is 26.2 Å². The number of esters is 2. The van der Waals surface area contributed by atoms with Gasteiger partial charge < -0.3 is 9.47 Å². The van der Waals surface area contributed by atoms with Crippen molar-refractivity contribution in [3.63, 3.8) is 0 Å². The Balaban J connectivity index is 2.34. The molecule has 4 heteroatoms. The van der Waals surface area contributed by atoms with Crippen LogP contribution in [-0.4, -0.2) is 24.6 Å². The Bertz CT molecular complexity index is 212. The van der Waals surface area contributed by atoms with Crippen molar-refractivity contribution in [2.45, 2.75) is 45.1 Å². The molecule has 0 radical (unpaired) electrons. The summed E-state index contributed by atoms with van der Waals surface area (Å²) in [6.07, 6.45) is 2.96. The van der Waals surface area contributed by atoms with E-state index in [0.29, 0.717) is 13.0 Å². The van der Waals surface area contributed by atoms with E-state index in [-0.39, 0.29) is 24.5 Å². The lowest BCUT2D eigenvalue weighted by Gasteiger charge is -2.13. The lowest BCUT2D eigenvalue weighted by molar-refractivity contribution is -0.154. The van der Waals surface area contributed by atoms with Gasteiger partial charge in [-0.25, -0.2) is 0 Å². The monoisotopic (exact) mass is 200 g/mol. The maximum absolute atomic E-state index is 11.1. The van der Waals surface area contributed by atoms with Gasteiger partial charge in [-0.2, -0.15) is 0 Å². The van der Waals surface area contributed by atoms with Crippen molar-refractivity contribution in [1.82, 2.24) is 0 Å². The highest BCUT2D eigenvalue weighted by atomic mass is 16.6. The molecule has 0 aromatic heterocycles. The molecule has 0 N–H and O–H groups in total. The van der Waals surface area contributed by atoms with Crippen LogP contribution >= 0.6 is 0 Å². The molecular formula is C10H16O4. The van der Waals surface area contributed by atoms with Crippen molar-refractivity contribution in [1.29, 1.82) is 0 Å². The number of hydrogen-bond acceptors (Lipinski definition) is 4. The summed E-state index contributed by atoms with van der Waals surface area (Å²) < 4.78 is 9.88. The van der Waals surface area contributed by atoms with Crippen molar-refractivity contribution < 1.29 is 19.1 Å². The summed E-state index contributed by atoms with van der Waals surface area (Å²) in [4.78, 5) is 22.2. The Morgan fingerprint density at radius 1 is 1.57 bits per heavy atom. The molecule has 1 atom stereocenters. The zero-order valence-electron chi connectivity index (χ0n) is 8.45. The lowest BCUT2D eigenvalue weighted by Crippen LogP contribution is -2.20. The van der Waals surface area contributed by atoms with Gasteiger partial charge in [-0.15, -0.1) is 0 Å². The molecule has 80 valence electrons. The van der Waals surface area contributed by atoms with Crippen molar-refractivity contribution in [3.05, 3.63) is 0 Å². The number of carbonyl (C=O) groups excluding carboxylic acids is 2. The molecule has 0 spiro atoms. The molecule has 1 heterocycles. The third-order valence-electron chi connectivity index (χ3n) is 2.15. The van der Waals surface area contributed by atoms with Crippen LogP contribution in [-0.2, 0) is 19.1 Å². The average Bonchev–Trinajstić information content (AvgIpc) is 2.30. The van der Waals surface area contributed by atoms with E-state index < -0.39 is 0 Å². The normalized spacial score (nSPS) is 22.4. The summed E-state index contributed by atoms with van der Waals surface area (Å²) in [5.41, 5.74) is 0. The van der Waals surface area contributed by atoms with Crippen molar-refractivity contribution >= 4 is 11.9 Å². The molecule has 0 unspecified atom stereocenters. The minimum absolute atomic E-state index is 0.194. The quantitative estimate of drug-likeness (QED) is 0.646. The fraction of sp³-hybridized carbons (Fsp3) is 0.800. The van der Waals surface area contributed by atoms with Crippen LogP contribution in [0.5, 0.6) is 0 Å². The van der Waals surface area contributed by atoms with E-state index in [0.717, 1.165) is 19.3 Å². The molecule has 0 aromatic carbocycles. The Labute approximate surface area is 83.6 Å². The van der Waals surface area contributed by atoms with Gasteiger partial charge in [0.1, 0.15) is 6.10 Å². The van der Waals surface area contributed by atoms with Crippen LogP contribution in [0.4, 0.5) is 0 Å². The second-order valence-electron chi connectivity index (χ2n) is 3.37. The van der Waals surface area contributed by atoms with Gasteiger partial charge in [0.2, 0.25) is 0 Å². The van der Waals surface area contributed by atoms with Gasteiger partial charge in [0, 0.05) is 6.42 Å². The minimum atomic E-state index is -0.285. The zero-order valence-corrected chi connectivity index (χ0v) is 8.45. The molecule has 1 rings (SSSR count). The van der Waals surface area contributed by atoms with Gasteiger partial charge >= 0.3 is 11.9 Å². The first-order valence-corrected chi connectivity index (χ1v) is 5.07. The standard InChI is InChI=1S/C10H16O4/c1-2-13-10(12)7-8-5-3-4-6-9(11)14-8/h8H,2-7H2,1H3/t8-/m0/s1. The predicted molar refractivity (Wildman–Crippen MR) is 49.6 cm³/mol. The maximum Gasteiger partial charge on any atom is 0.309 e. The second kappa shape index (κ2) is 5.62. The first-order chi connectivity index (χ1) is 6.72.